The number of rotatable bonds is 8. The van der Waals surface area contributed by atoms with E-state index in [1.54, 1.807) is 19.1 Å². The molecule has 0 aromatic rings. The van der Waals surface area contributed by atoms with E-state index in [-0.39, 0.29) is 19.3 Å². The van der Waals surface area contributed by atoms with Crippen LogP contribution in [0.5, 0.6) is 0 Å². The Labute approximate surface area is 118 Å². The van der Waals surface area contributed by atoms with Gasteiger partial charge in [-0.05, 0) is 32.6 Å². The molecular weight excluding hydrogens is 264 g/mol. The summed E-state index contributed by atoms with van der Waals surface area (Å²) in [6.07, 6.45) is 6.30. The molecule has 2 atom stereocenters. The summed E-state index contributed by atoms with van der Waals surface area (Å²) >= 11 is 0. The summed E-state index contributed by atoms with van der Waals surface area (Å²) in [5, 5.41) is 8.94. The Morgan fingerprint density at radius 2 is 2.20 bits per heavy atom. The average Bonchev–Trinajstić information content (AvgIpc) is 2.43. The standard InChI is InChI=1S/C14H22O6/c1-2-18-14(17)11(13(15)16)7-3-5-9-19-12-8-4-6-10-20-12/h3,5,11-12H,2,4,6-10H2,1H3,(H,15,16)/b5-3-. The summed E-state index contributed by atoms with van der Waals surface area (Å²) in [6.45, 7) is 2.89. The van der Waals surface area contributed by atoms with Gasteiger partial charge < -0.3 is 19.3 Å². The van der Waals surface area contributed by atoms with Crippen molar-refractivity contribution in [2.45, 2.75) is 38.9 Å². The Morgan fingerprint density at radius 3 is 2.80 bits per heavy atom. The van der Waals surface area contributed by atoms with Gasteiger partial charge in [-0.2, -0.15) is 0 Å². The van der Waals surface area contributed by atoms with E-state index in [9.17, 15) is 9.59 Å². The zero-order chi connectivity index (χ0) is 14.8. The number of carboxylic acid groups (broad SMARTS) is 1. The first-order chi connectivity index (χ1) is 9.65. The molecule has 0 aromatic heterocycles. The molecule has 6 heteroatoms. The second-order valence-electron chi connectivity index (χ2n) is 4.48. The Morgan fingerprint density at radius 1 is 1.40 bits per heavy atom. The maximum Gasteiger partial charge on any atom is 0.320 e. The zero-order valence-electron chi connectivity index (χ0n) is 11.7. The number of aliphatic carboxylic acids is 1. The van der Waals surface area contributed by atoms with Gasteiger partial charge in [0, 0.05) is 6.61 Å². The van der Waals surface area contributed by atoms with Crippen molar-refractivity contribution in [1.29, 1.82) is 0 Å². The first kappa shape index (κ1) is 16.7. The molecule has 1 fully saturated rings. The highest BCUT2D eigenvalue weighted by molar-refractivity contribution is 5.94. The quantitative estimate of drug-likeness (QED) is 0.416. The minimum absolute atomic E-state index is 0.100. The van der Waals surface area contributed by atoms with Crippen LogP contribution in [0.1, 0.15) is 32.6 Å². The summed E-state index contributed by atoms with van der Waals surface area (Å²) in [7, 11) is 0. The van der Waals surface area contributed by atoms with Gasteiger partial charge in [0.05, 0.1) is 13.2 Å². The van der Waals surface area contributed by atoms with E-state index in [4.69, 9.17) is 19.3 Å². The number of ether oxygens (including phenoxy) is 3. The van der Waals surface area contributed by atoms with Gasteiger partial charge in [0.25, 0.3) is 0 Å². The van der Waals surface area contributed by atoms with E-state index in [1.165, 1.54) is 0 Å². The molecule has 0 bridgehead atoms. The van der Waals surface area contributed by atoms with E-state index in [0.29, 0.717) is 6.61 Å². The lowest BCUT2D eigenvalue weighted by atomic mass is 10.1. The SMILES string of the molecule is CCOC(=O)C(C/C=C\COC1CCCCO1)C(=O)O. The zero-order valence-corrected chi connectivity index (χ0v) is 11.7. The average molecular weight is 286 g/mol. The largest absolute Gasteiger partial charge is 0.481 e. The van der Waals surface area contributed by atoms with Crippen LogP contribution in [0.15, 0.2) is 12.2 Å². The highest BCUT2D eigenvalue weighted by atomic mass is 16.7. The van der Waals surface area contributed by atoms with E-state index < -0.39 is 17.9 Å². The molecule has 0 spiro atoms. The molecule has 1 N–H and O–H groups in total. The molecule has 1 aliphatic heterocycles. The molecule has 1 rings (SSSR count). The summed E-state index contributed by atoms with van der Waals surface area (Å²) in [6, 6.07) is 0. The number of allylic oxidation sites excluding steroid dienone is 1. The van der Waals surface area contributed by atoms with Crippen molar-refractivity contribution in [2.75, 3.05) is 19.8 Å². The van der Waals surface area contributed by atoms with Crippen molar-refractivity contribution in [3.63, 3.8) is 0 Å². The molecule has 0 saturated carbocycles. The maximum absolute atomic E-state index is 11.4. The molecule has 0 amide bonds. The lowest BCUT2D eigenvalue weighted by molar-refractivity contribution is -0.158. The van der Waals surface area contributed by atoms with E-state index in [1.807, 2.05) is 0 Å². The van der Waals surface area contributed by atoms with Gasteiger partial charge in [-0.15, -0.1) is 0 Å². The predicted molar refractivity (Wildman–Crippen MR) is 71.1 cm³/mol. The molecule has 1 aliphatic rings. The second kappa shape index (κ2) is 9.50. The third-order valence-corrected chi connectivity index (χ3v) is 2.92. The van der Waals surface area contributed by atoms with Crippen LogP contribution >= 0.6 is 0 Å². The number of esters is 1. The van der Waals surface area contributed by atoms with Gasteiger partial charge in [-0.1, -0.05) is 12.2 Å². The lowest BCUT2D eigenvalue weighted by Crippen LogP contribution is -2.25. The van der Waals surface area contributed by atoms with Gasteiger partial charge in [-0.25, -0.2) is 0 Å². The predicted octanol–water partition coefficient (Wildman–Crippen LogP) is 1.74. The van der Waals surface area contributed by atoms with Crippen LogP contribution in [0.2, 0.25) is 0 Å². The fourth-order valence-corrected chi connectivity index (χ4v) is 1.85. The van der Waals surface area contributed by atoms with Crippen molar-refractivity contribution in [3.05, 3.63) is 12.2 Å². The third kappa shape index (κ3) is 6.16. The number of hydrogen-bond donors (Lipinski definition) is 1. The Kier molecular flexibility index (Phi) is 7.91. The van der Waals surface area contributed by atoms with Gasteiger partial charge in [0.1, 0.15) is 0 Å². The molecule has 114 valence electrons. The summed E-state index contributed by atoms with van der Waals surface area (Å²) in [5.74, 6) is -3.04. The first-order valence-corrected chi connectivity index (χ1v) is 6.92. The van der Waals surface area contributed by atoms with Gasteiger partial charge in [0.2, 0.25) is 0 Å². The number of carbonyl (C=O) groups excluding carboxylic acids is 1. The van der Waals surface area contributed by atoms with Crippen molar-refractivity contribution in [3.8, 4) is 0 Å². The molecule has 2 unspecified atom stereocenters. The van der Waals surface area contributed by atoms with E-state index in [2.05, 4.69) is 0 Å². The molecule has 0 aromatic carbocycles. The third-order valence-electron chi connectivity index (χ3n) is 2.92. The normalized spacial score (nSPS) is 20.8. The second-order valence-corrected chi connectivity index (χ2v) is 4.48. The number of hydrogen-bond acceptors (Lipinski definition) is 5. The topological polar surface area (TPSA) is 82.1 Å². The molecule has 20 heavy (non-hydrogen) atoms. The monoisotopic (exact) mass is 286 g/mol. The lowest BCUT2D eigenvalue weighted by Gasteiger charge is -2.21. The first-order valence-electron chi connectivity index (χ1n) is 6.92. The van der Waals surface area contributed by atoms with E-state index in [0.717, 1.165) is 25.9 Å². The molecule has 1 heterocycles. The van der Waals surface area contributed by atoms with Crippen LogP contribution in [0, 0.1) is 5.92 Å². The van der Waals surface area contributed by atoms with Crippen LogP contribution in [0.25, 0.3) is 0 Å². The Hall–Kier alpha value is -1.40. The molecule has 1 saturated heterocycles. The number of carboxylic acids is 1. The van der Waals surface area contributed by atoms with Crippen LogP contribution in [0.3, 0.4) is 0 Å². The van der Waals surface area contributed by atoms with Crippen LogP contribution in [-0.2, 0) is 23.8 Å². The maximum atomic E-state index is 11.4. The molecular formula is C14H22O6. The van der Waals surface area contributed by atoms with Crippen molar-refractivity contribution < 1.29 is 28.9 Å². The Bertz CT molecular complexity index is 333. The highest BCUT2D eigenvalue weighted by Crippen LogP contribution is 2.13. The van der Waals surface area contributed by atoms with Crippen molar-refractivity contribution in [1.82, 2.24) is 0 Å². The van der Waals surface area contributed by atoms with Gasteiger partial charge >= 0.3 is 11.9 Å². The number of carbonyl (C=O) groups is 2. The van der Waals surface area contributed by atoms with Crippen molar-refractivity contribution >= 4 is 11.9 Å². The van der Waals surface area contributed by atoms with Crippen molar-refractivity contribution in [2.24, 2.45) is 5.92 Å². The fraction of sp³-hybridized carbons (Fsp3) is 0.714. The highest BCUT2D eigenvalue weighted by Gasteiger charge is 2.26. The van der Waals surface area contributed by atoms with Gasteiger partial charge in [0.15, 0.2) is 12.2 Å². The summed E-state index contributed by atoms with van der Waals surface area (Å²) in [5.41, 5.74) is 0. The smallest absolute Gasteiger partial charge is 0.320 e. The molecule has 6 nitrogen and oxygen atoms in total. The van der Waals surface area contributed by atoms with Crippen LogP contribution < -0.4 is 0 Å². The Balaban J connectivity index is 2.26. The van der Waals surface area contributed by atoms with E-state index >= 15 is 0 Å². The molecule has 0 radical (unpaired) electrons. The van der Waals surface area contributed by atoms with Crippen LogP contribution in [0.4, 0.5) is 0 Å². The summed E-state index contributed by atoms with van der Waals surface area (Å²) < 4.78 is 15.6. The minimum atomic E-state index is -1.18. The fourth-order valence-electron chi connectivity index (χ4n) is 1.85. The van der Waals surface area contributed by atoms with Gasteiger partial charge in [-0.3, -0.25) is 9.59 Å². The minimum Gasteiger partial charge on any atom is -0.481 e. The molecule has 0 aliphatic carbocycles. The summed E-state index contributed by atoms with van der Waals surface area (Å²) in [4.78, 5) is 22.3. The van der Waals surface area contributed by atoms with Crippen LogP contribution in [-0.4, -0.2) is 43.2 Å².